The molecule has 0 aromatic carbocycles. The van der Waals surface area contributed by atoms with Gasteiger partial charge in [-0.25, -0.2) is 0 Å². The number of unbranched alkanes of at least 4 members (excludes halogenated alkanes) is 5. The fourth-order valence-corrected chi connectivity index (χ4v) is 1.72. The maximum atomic E-state index is 5.55. The minimum absolute atomic E-state index is 0.208. The highest BCUT2D eigenvalue weighted by atomic mass is 16.8. The Labute approximate surface area is 98.8 Å². The zero-order valence-corrected chi connectivity index (χ0v) is 10.5. The zero-order chi connectivity index (χ0) is 11.6. The third kappa shape index (κ3) is 5.64. The molecule has 0 saturated heterocycles. The highest BCUT2D eigenvalue weighted by molar-refractivity contribution is 4.94. The van der Waals surface area contributed by atoms with Crippen molar-refractivity contribution in [2.75, 3.05) is 13.7 Å². The van der Waals surface area contributed by atoms with Gasteiger partial charge >= 0.3 is 0 Å². The Morgan fingerprint density at radius 3 is 2.38 bits per heavy atom. The maximum absolute atomic E-state index is 5.55. The van der Waals surface area contributed by atoms with Gasteiger partial charge in [-0.05, 0) is 18.6 Å². The Bertz CT molecular complexity index is 192. The fraction of sp³-hybridized carbons (Fsp3) is 0.846. The molecule has 0 fully saturated rings. The van der Waals surface area contributed by atoms with E-state index in [2.05, 4.69) is 6.92 Å². The summed E-state index contributed by atoms with van der Waals surface area (Å²) < 4.78 is 16.0. The second-order valence-corrected chi connectivity index (χ2v) is 4.13. The van der Waals surface area contributed by atoms with Crippen molar-refractivity contribution in [3.63, 3.8) is 0 Å². The Balaban J connectivity index is 1.87. The molecule has 0 N–H and O–H groups in total. The van der Waals surface area contributed by atoms with Gasteiger partial charge in [0.2, 0.25) is 0 Å². The van der Waals surface area contributed by atoms with E-state index in [1.807, 2.05) is 12.2 Å². The van der Waals surface area contributed by atoms with Crippen LogP contribution in [0.3, 0.4) is 0 Å². The van der Waals surface area contributed by atoms with Crippen LogP contribution in [0.4, 0.5) is 0 Å². The normalized spacial score (nSPS) is 24.1. The summed E-state index contributed by atoms with van der Waals surface area (Å²) in [6.07, 6.45) is 11.0. The number of hydrogen-bond acceptors (Lipinski definition) is 3. The van der Waals surface area contributed by atoms with Gasteiger partial charge in [0.1, 0.15) is 0 Å². The smallest absolute Gasteiger partial charge is 0.180 e. The topological polar surface area (TPSA) is 27.7 Å². The number of hydrogen-bond donors (Lipinski definition) is 0. The highest BCUT2D eigenvalue weighted by Gasteiger charge is 2.18. The highest BCUT2D eigenvalue weighted by Crippen LogP contribution is 2.13. The lowest BCUT2D eigenvalue weighted by Gasteiger charge is -2.13. The second kappa shape index (κ2) is 8.74. The lowest BCUT2D eigenvalue weighted by atomic mass is 10.1. The van der Waals surface area contributed by atoms with Gasteiger partial charge in [-0.3, -0.25) is 0 Å². The summed E-state index contributed by atoms with van der Waals surface area (Å²) in [4.78, 5) is 0. The second-order valence-electron chi connectivity index (χ2n) is 4.13. The summed E-state index contributed by atoms with van der Waals surface area (Å²) in [6, 6.07) is 0. The van der Waals surface area contributed by atoms with Crippen LogP contribution in [-0.4, -0.2) is 26.3 Å². The zero-order valence-electron chi connectivity index (χ0n) is 10.5. The van der Waals surface area contributed by atoms with Crippen LogP contribution in [0.15, 0.2) is 12.2 Å². The molecule has 1 rings (SSSR count). The van der Waals surface area contributed by atoms with Crippen LogP contribution in [0.1, 0.15) is 45.4 Å². The fourth-order valence-electron chi connectivity index (χ4n) is 1.72. The molecule has 0 spiro atoms. The molecular weight excluding hydrogens is 204 g/mol. The predicted octanol–water partition coefficient (Wildman–Crippen LogP) is 3.25. The van der Waals surface area contributed by atoms with E-state index in [1.165, 1.54) is 32.1 Å². The molecular formula is C13H24O3. The molecule has 2 unspecified atom stereocenters. The molecule has 0 aromatic rings. The molecule has 0 aliphatic carbocycles. The predicted molar refractivity (Wildman–Crippen MR) is 64.1 cm³/mol. The van der Waals surface area contributed by atoms with Crippen molar-refractivity contribution in [1.82, 2.24) is 0 Å². The third-order valence-electron chi connectivity index (χ3n) is 2.71. The Morgan fingerprint density at radius 2 is 1.69 bits per heavy atom. The summed E-state index contributed by atoms with van der Waals surface area (Å²) in [5.41, 5.74) is 0. The van der Waals surface area contributed by atoms with Gasteiger partial charge < -0.3 is 14.2 Å². The van der Waals surface area contributed by atoms with Gasteiger partial charge in [-0.15, -0.1) is 0 Å². The minimum atomic E-state index is -0.227. The molecule has 2 atom stereocenters. The quantitative estimate of drug-likeness (QED) is 0.448. The van der Waals surface area contributed by atoms with Crippen LogP contribution in [0.2, 0.25) is 0 Å². The van der Waals surface area contributed by atoms with Crippen molar-refractivity contribution in [2.24, 2.45) is 0 Å². The van der Waals surface area contributed by atoms with Crippen molar-refractivity contribution < 1.29 is 14.2 Å². The third-order valence-corrected chi connectivity index (χ3v) is 2.71. The largest absolute Gasteiger partial charge is 0.352 e. The van der Waals surface area contributed by atoms with Crippen LogP contribution in [0.5, 0.6) is 0 Å². The lowest BCUT2D eigenvalue weighted by molar-refractivity contribution is -0.184. The summed E-state index contributed by atoms with van der Waals surface area (Å²) in [5.74, 6) is 0. The van der Waals surface area contributed by atoms with Crippen LogP contribution in [-0.2, 0) is 14.2 Å². The molecule has 94 valence electrons. The van der Waals surface area contributed by atoms with E-state index in [0.29, 0.717) is 0 Å². The molecule has 3 nitrogen and oxygen atoms in total. The van der Waals surface area contributed by atoms with E-state index < -0.39 is 0 Å². The average molecular weight is 228 g/mol. The van der Waals surface area contributed by atoms with E-state index in [9.17, 15) is 0 Å². The average Bonchev–Trinajstić information content (AvgIpc) is 2.76. The standard InChI is InChI=1S/C13H24O3/c1-3-4-5-6-7-8-11-15-13-10-9-12(14-2)16-13/h9-10,12-13H,3-8,11H2,1-2H3. The molecule has 0 bridgehead atoms. The van der Waals surface area contributed by atoms with Crippen molar-refractivity contribution in [2.45, 2.75) is 58.0 Å². The van der Waals surface area contributed by atoms with E-state index in [0.717, 1.165) is 13.0 Å². The van der Waals surface area contributed by atoms with Gasteiger partial charge in [0.15, 0.2) is 12.6 Å². The molecule has 0 aromatic heterocycles. The molecule has 0 amide bonds. The van der Waals surface area contributed by atoms with Crippen molar-refractivity contribution in [3.05, 3.63) is 12.2 Å². The Hall–Kier alpha value is -0.380. The summed E-state index contributed by atoms with van der Waals surface area (Å²) in [7, 11) is 1.63. The molecule has 1 heterocycles. The molecule has 16 heavy (non-hydrogen) atoms. The van der Waals surface area contributed by atoms with Gasteiger partial charge in [0.25, 0.3) is 0 Å². The van der Waals surface area contributed by atoms with Crippen molar-refractivity contribution >= 4 is 0 Å². The molecule has 0 saturated carbocycles. The molecule has 1 aliphatic heterocycles. The Kier molecular flexibility index (Phi) is 7.47. The number of methoxy groups -OCH3 is 1. The van der Waals surface area contributed by atoms with Crippen LogP contribution >= 0.6 is 0 Å². The first kappa shape index (κ1) is 13.7. The van der Waals surface area contributed by atoms with E-state index in [1.54, 1.807) is 7.11 Å². The Morgan fingerprint density at radius 1 is 1.00 bits per heavy atom. The van der Waals surface area contributed by atoms with Crippen molar-refractivity contribution in [1.29, 1.82) is 0 Å². The SMILES string of the molecule is CCCCCCCCOC1C=CC(OC)O1. The van der Waals surface area contributed by atoms with Crippen LogP contribution < -0.4 is 0 Å². The molecule has 1 aliphatic rings. The summed E-state index contributed by atoms with van der Waals surface area (Å²) in [5, 5.41) is 0. The first-order valence-electron chi connectivity index (χ1n) is 6.35. The molecule has 3 heteroatoms. The van der Waals surface area contributed by atoms with Crippen molar-refractivity contribution in [3.8, 4) is 0 Å². The van der Waals surface area contributed by atoms with Gasteiger partial charge in [0, 0.05) is 7.11 Å². The van der Waals surface area contributed by atoms with Gasteiger partial charge in [0.05, 0.1) is 6.61 Å². The van der Waals surface area contributed by atoms with E-state index in [-0.39, 0.29) is 12.6 Å². The first-order chi connectivity index (χ1) is 7.86. The molecule has 0 radical (unpaired) electrons. The van der Waals surface area contributed by atoms with E-state index >= 15 is 0 Å². The first-order valence-corrected chi connectivity index (χ1v) is 6.35. The summed E-state index contributed by atoms with van der Waals surface area (Å²) in [6.45, 7) is 3.01. The van der Waals surface area contributed by atoms with Crippen LogP contribution in [0.25, 0.3) is 0 Å². The van der Waals surface area contributed by atoms with Crippen LogP contribution in [0, 0.1) is 0 Å². The summed E-state index contributed by atoms with van der Waals surface area (Å²) >= 11 is 0. The van der Waals surface area contributed by atoms with Gasteiger partial charge in [-0.1, -0.05) is 39.0 Å². The van der Waals surface area contributed by atoms with Gasteiger partial charge in [-0.2, -0.15) is 0 Å². The lowest BCUT2D eigenvalue weighted by Crippen LogP contribution is -2.17. The maximum Gasteiger partial charge on any atom is 0.180 e. The monoisotopic (exact) mass is 228 g/mol. The number of ether oxygens (including phenoxy) is 3. The minimum Gasteiger partial charge on any atom is -0.352 e. The number of rotatable bonds is 9. The van der Waals surface area contributed by atoms with E-state index in [4.69, 9.17) is 14.2 Å².